The number of ether oxygens (including phenoxy) is 1. The minimum atomic E-state index is -0.847. The number of hydrogen-bond acceptors (Lipinski definition) is 3. The molecule has 5 heteroatoms. The first-order valence-electron chi connectivity index (χ1n) is 6.37. The van der Waals surface area contributed by atoms with Gasteiger partial charge in [0.05, 0.1) is 19.6 Å². The Morgan fingerprint density at radius 1 is 1.47 bits per heavy atom. The molecule has 1 saturated heterocycles. The van der Waals surface area contributed by atoms with Crippen molar-refractivity contribution in [3.63, 3.8) is 0 Å². The van der Waals surface area contributed by atoms with Crippen LogP contribution in [0.1, 0.15) is 23.6 Å². The molecule has 1 aromatic rings. The Morgan fingerprint density at radius 3 is 2.74 bits per heavy atom. The summed E-state index contributed by atoms with van der Waals surface area (Å²) in [6, 6.07) is 4.30. The van der Waals surface area contributed by atoms with Crippen LogP contribution in [0.5, 0.6) is 0 Å². The third-order valence-electron chi connectivity index (χ3n) is 3.45. The van der Waals surface area contributed by atoms with Crippen molar-refractivity contribution in [2.24, 2.45) is 0 Å². The van der Waals surface area contributed by atoms with Gasteiger partial charge in [-0.1, -0.05) is 6.07 Å². The molecule has 0 amide bonds. The second kappa shape index (κ2) is 6.12. The normalized spacial score (nSPS) is 18.2. The van der Waals surface area contributed by atoms with Gasteiger partial charge in [0.15, 0.2) is 0 Å². The summed E-state index contributed by atoms with van der Waals surface area (Å²) in [6.07, 6.45) is 0.0203. The van der Waals surface area contributed by atoms with Crippen LogP contribution in [0.4, 0.5) is 4.39 Å². The lowest BCUT2D eigenvalue weighted by Gasteiger charge is -2.34. The van der Waals surface area contributed by atoms with E-state index >= 15 is 0 Å². The van der Waals surface area contributed by atoms with Crippen LogP contribution in [-0.4, -0.2) is 42.3 Å². The molecular weight excluding hydrogens is 249 g/mol. The number of carboxylic acid groups (broad SMARTS) is 1. The molecular formula is C14H18FNO3. The largest absolute Gasteiger partial charge is 0.481 e. The summed E-state index contributed by atoms with van der Waals surface area (Å²) in [6.45, 7) is 4.43. The van der Waals surface area contributed by atoms with Crippen LogP contribution < -0.4 is 0 Å². The van der Waals surface area contributed by atoms with Crippen molar-refractivity contribution in [2.45, 2.75) is 19.4 Å². The Labute approximate surface area is 111 Å². The zero-order valence-electron chi connectivity index (χ0n) is 10.9. The smallest absolute Gasteiger partial charge is 0.305 e. The molecule has 1 aromatic carbocycles. The van der Waals surface area contributed by atoms with Crippen LogP contribution in [0.3, 0.4) is 0 Å². The molecule has 0 spiro atoms. The topological polar surface area (TPSA) is 49.8 Å². The van der Waals surface area contributed by atoms with Crippen molar-refractivity contribution in [3.05, 3.63) is 35.1 Å². The molecule has 1 atom stereocenters. The van der Waals surface area contributed by atoms with Crippen molar-refractivity contribution in [1.29, 1.82) is 0 Å². The van der Waals surface area contributed by atoms with Gasteiger partial charge in [-0.25, -0.2) is 4.39 Å². The van der Waals surface area contributed by atoms with Crippen LogP contribution in [0, 0.1) is 12.7 Å². The van der Waals surface area contributed by atoms with E-state index in [2.05, 4.69) is 4.90 Å². The lowest BCUT2D eigenvalue weighted by atomic mass is 9.97. The lowest BCUT2D eigenvalue weighted by Crippen LogP contribution is -2.40. The molecule has 0 aromatic heterocycles. The predicted octanol–water partition coefficient (Wildman–Crippen LogP) is 1.98. The highest BCUT2D eigenvalue weighted by molar-refractivity contribution is 5.68. The van der Waals surface area contributed by atoms with Gasteiger partial charge in [0, 0.05) is 19.1 Å². The molecule has 4 nitrogen and oxygen atoms in total. The molecule has 1 unspecified atom stereocenters. The van der Waals surface area contributed by atoms with Gasteiger partial charge < -0.3 is 9.84 Å². The molecule has 1 aliphatic rings. The fraction of sp³-hybridized carbons (Fsp3) is 0.500. The predicted molar refractivity (Wildman–Crippen MR) is 68.5 cm³/mol. The number of rotatable bonds is 4. The second-order valence-electron chi connectivity index (χ2n) is 4.76. The summed E-state index contributed by atoms with van der Waals surface area (Å²) in [7, 11) is 0. The molecule has 1 heterocycles. The van der Waals surface area contributed by atoms with Crippen molar-refractivity contribution in [2.75, 3.05) is 26.3 Å². The average molecular weight is 267 g/mol. The van der Waals surface area contributed by atoms with E-state index in [1.807, 2.05) is 6.92 Å². The number of hydrogen-bond donors (Lipinski definition) is 1. The van der Waals surface area contributed by atoms with Gasteiger partial charge in [-0.3, -0.25) is 9.69 Å². The van der Waals surface area contributed by atoms with Gasteiger partial charge in [-0.15, -0.1) is 0 Å². The monoisotopic (exact) mass is 267 g/mol. The number of morpholine rings is 1. The third kappa shape index (κ3) is 3.52. The Morgan fingerprint density at radius 2 is 2.16 bits per heavy atom. The summed E-state index contributed by atoms with van der Waals surface area (Å²) in [5.41, 5.74) is 1.67. The highest BCUT2D eigenvalue weighted by Crippen LogP contribution is 2.28. The fourth-order valence-corrected chi connectivity index (χ4v) is 2.50. The number of carboxylic acids is 1. The first-order chi connectivity index (χ1) is 9.08. The SMILES string of the molecule is Cc1cc(F)ccc1C(CC(=O)O)N1CCOCC1. The number of halogens is 1. The van der Waals surface area contributed by atoms with Gasteiger partial charge in [0.25, 0.3) is 0 Å². The average Bonchev–Trinajstić information content (AvgIpc) is 2.37. The summed E-state index contributed by atoms with van der Waals surface area (Å²) in [4.78, 5) is 13.2. The van der Waals surface area contributed by atoms with E-state index in [0.717, 1.165) is 11.1 Å². The minimum absolute atomic E-state index is 0.0203. The summed E-state index contributed by atoms with van der Waals surface area (Å²) < 4.78 is 18.5. The molecule has 2 rings (SSSR count). The molecule has 0 bridgehead atoms. The van der Waals surface area contributed by atoms with E-state index < -0.39 is 5.97 Å². The number of aryl methyl sites for hydroxylation is 1. The Bertz CT molecular complexity index is 458. The first-order valence-corrected chi connectivity index (χ1v) is 6.37. The van der Waals surface area contributed by atoms with E-state index in [-0.39, 0.29) is 18.3 Å². The Hall–Kier alpha value is -1.46. The van der Waals surface area contributed by atoms with Crippen LogP contribution in [0.25, 0.3) is 0 Å². The standard InChI is InChI=1S/C14H18FNO3/c1-10-8-11(15)2-3-12(10)13(9-14(17)18)16-4-6-19-7-5-16/h2-3,8,13H,4-7,9H2,1H3,(H,17,18). The lowest BCUT2D eigenvalue weighted by molar-refractivity contribution is -0.139. The third-order valence-corrected chi connectivity index (χ3v) is 3.45. The molecule has 19 heavy (non-hydrogen) atoms. The van der Waals surface area contributed by atoms with Gasteiger partial charge >= 0.3 is 5.97 Å². The Balaban J connectivity index is 2.27. The number of benzene rings is 1. The van der Waals surface area contributed by atoms with E-state index in [4.69, 9.17) is 9.84 Å². The van der Waals surface area contributed by atoms with Crippen molar-refractivity contribution in [3.8, 4) is 0 Å². The maximum absolute atomic E-state index is 13.2. The van der Waals surface area contributed by atoms with Crippen molar-refractivity contribution in [1.82, 2.24) is 4.90 Å². The summed E-state index contributed by atoms with van der Waals surface area (Å²) in [5.74, 6) is -1.14. The zero-order chi connectivity index (χ0) is 13.8. The number of aliphatic carboxylic acids is 1. The zero-order valence-corrected chi connectivity index (χ0v) is 10.9. The van der Waals surface area contributed by atoms with E-state index in [1.165, 1.54) is 12.1 Å². The van der Waals surface area contributed by atoms with Crippen molar-refractivity contribution < 1.29 is 19.0 Å². The number of carbonyl (C=O) groups is 1. The van der Waals surface area contributed by atoms with Crippen LogP contribution in [-0.2, 0) is 9.53 Å². The highest BCUT2D eigenvalue weighted by atomic mass is 19.1. The quantitative estimate of drug-likeness (QED) is 0.906. The maximum Gasteiger partial charge on any atom is 0.305 e. The Kier molecular flexibility index (Phi) is 4.50. The first kappa shape index (κ1) is 14.0. The van der Waals surface area contributed by atoms with Gasteiger partial charge in [-0.05, 0) is 30.2 Å². The van der Waals surface area contributed by atoms with Gasteiger partial charge in [0.1, 0.15) is 5.82 Å². The molecule has 0 radical (unpaired) electrons. The van der Waals surface area contributed by atoms with Crippen LogP contribution in [0.15, 0.2) is 18.2 Å². The van der Waals surface area contributed by atoms with E-state index in [1.54, 1.807) is 6.07 Å². The molecule has 1 fully saturated rings. The highest BCUT2D eigenvalue weighted by Gasteiger charge is 2.26. The fourth-order valence-electron chi connectivity index (χ4n) is 2.50. The van der Waals surface area contributed by atoms with Crippen molar-refractivity contribution >= 4 is 5.97 Å². The maximum atomic E-state index is 13.2. The summed E-state index contributed by atoms with van der Waals surface area (Å²) in [5, 5.41) is 9.09. The van der Waals surface area contributed by atoms with Crippen LogP contribution in [0.2, 0.25) is 0 Å². The molecule has 1 aliphatic heterocycles. The van der Waals surface area contributed by atoms with Gasteiger partial charge in [0.2, 0.25) is 0 Å². The number of nitrogens with zero attached hydrogens (tertiary/aromatic N) is 1. The van der Waals surface area contributed by atoms with Gasteiger partial charge in [-0.2, -0.15) is 0 Å². The second-order valence-corrected chi connectivity index (χ2v) is 4.76. The van der Waals surface area contributed by atoms with E-state index in [0.29, 0.717) is 26.3 Å². The van der Waals surface area contributed by atoms with Crippen LogP contribution >= 0.6 is 0 Å². The molecule has 0 saturated carbocycles. The minimum Gasteiger partial charge on any atom is -0.481 e. The molecule has 104 valence electrons. The van der Waals surface area contributed by atoms with E-state index in [9.17, 15) is 9.18 Å². The molecule has 1 N–H and O–H groups in total. The summed E-state index contributed by atoms with van der Waals surface area (Å²) >= 11 is 0. The molecule has 0 aliphatic carbocycles.